The monoisotopic (exact) mass is 545 g/mol. The largest absolute Gasteiger partial charge is 0.497 e. The van der Waals surface area contributed by atoms with Gasteiger partial charge in [-0.2, -0.15) is 0 Å². The summed E-state index contributed by atoms with van der Waals surface area (Å²) in [4.78, 5) is 28.8. The number of hydrogen-bond acceptors (Lipinski definition) is 6. The van der Waals surface area contributed by atoms with Crippen molar-refractivity contribution < 1.29 is 27.5 Å². The lowest BCUT2D eigenvalue weighted by Gasteiger charge is -2.34. The molecule has 2 amide bonds. The number of nitrogens with one attached hydrogen (secondary N) is 1. The summed E-state index contributed by atoms with van der Waals surface area (Å²) in [5, 5.41) is 3.14. The van der Waals surface area contributed by atoms with Gasteiger partial charge >= 0.3 is 0 Å². The molecule has 0 bridgehead atoms. The van der Waals surface area contributed by atoms with Crippen molar-refractivity contribution in [3.63, 3.8) is 0 Å². The Balaban J connectivity index is 1.95. The highest BCUT2D eigenvalue weighted by Crippen LogP contribution is 2.30. The molecule has 38 heavy (non-hydrogen) atoms. The first-order valence-electron chi connectivity index (χ1n) is 13.0. The summed E-state index contributed by atoms with van der Waals surface area (Å²) in [5.74, 6) is 0.238. The number of benzene rings is 2. The number of rotatable bonds is 12. The summed E-state index contributed by atoms with van der Waals surface area (Å²) in [6, 6.07) is 13.2. The van der Waals surface area contributed by atoms with Gasteiger partial charge in [-0.1, -0.05) is 50.5 Å². The number of carbonyl (C=O) groups excluding carboxylic acids is 2. The standard InChI is InChI=1S/C28H39N3O6S/c1-5-24(28(33)29-22-13-7-6-8-14-22)30(19-21-12-11-15-23(18-21)36-2)27(32)20-31(38(4,34)35)25-16-9-10-17-26(25)37-3/h9-12,15-18,22,24H,5-8,13-14,19-20H2,1-4H3,(H,29,33)/t24-/m1/s1. The number of amides is 2. The van der Waals surface area contributed by atoms with E-state index in [1.54, 1.807) is 43.5 Å². The third kappa shape index (κ3) is 7.63. The maximum atomic E-state index is 13.9. The third-order valence-corrected chi connectivity index (χ3v) is 7.98. The molecule has 0 saturated heterocycles. The van der Waals surface area contributed by atoms with Crippen molar-refractivity contribution in [3.05, 3.63) is 54.1 Å². The van der Waals surface area contributed by atoms with Crippen LogP contribution in [-0.4, -0.2) is 64.2 Å². The van der Waals surface area contributed by atoms with Crippen LogP contribution in [0.3, 0.4) is 0 Å². The molecule has 1 aliphatic rings. The van der Waals surface area contributed by atoms with Crippen LogP contribution in [0.4, 0.5) is 5.69 Å². The first-order chi connectivity index (χ1) is 18.2. The number of hydrogen-bond donors (Lipinski definition) is 1. The summed E-state index contributed by atoms with van der Waals surface area (Å²) in [5.41, 5.74) is 1.02. The van der Waals surface area contributed by atoms with E-state index in [0.717, 1.165) is 48.2 Å². The van der Waals surface area contributed by atoms with Crippen LogP contribution in [0, 0.1) is 0 Å². The van der Waals surface area contributed by atoms with Crippen LogP contribution >= 0.6 is 0 Å². The second-order valence-corrected chi connectivity index (χ2v) is 11.5. The van der Waals surface area contributed by atoms with E-state index in [9.17, 15) is 18.0 Å². The van der Waals surface area contributed by atoms with Crippen LogP contribution < -0.4 is 19.1 Å². The molecule has 3 rings (SSSR count). The maximum absolute atomic E-state index is 13.9. The van der Waals surface area contributed by atoms with Gasteiger partial charge in [0.2, 0.25) is 21.8 Å². The molecule has 2 aromatic carbocycles. The smallest absolute Gasteiger partial charge is 0.244 e. The Labute approximate surface area is 226 Å². The molecule has 2 aromatic rings. The number of nitrogens with zero attached hydrogens (tertiary/aromatic N) is 2. The molecule has 1 N–H and O–H groups in total. The molecule has 0 aliphatic heterocycles. The molecule has 10 heteroatoms. The van der Waals surface area contributed by atoms with Gasteiger partial charge in [-0.15, -0.1) is 0 Å². The van der Waals surface area contributed by atoms with E-state index >= 15 is 0 Å². The van der Waals surface area contributed by atoms with Crippen LogP contribution in [-0.2, 0) is 26.2 Å². The van der Waals surface area contributed by atoms with E-state index in [1.807, 2.05) is 19.1 Å². The molecule has 208 valence electrons. The van der Waals surface area contributed by atoms with Crippen molar-refractivity contribution >= 4 is 27.5 Å². The molecule has 1 atom stereocenters. The van der Waals surface area contributed by atoms with Crippen molar-refractivity contribution in [3.8, 4) is 11.5 Å². The zero-order valence-electron chi connectivity index (χ0n) is 22.7. The minimum atomic E-state index is -3.85. The Kier molecular flexibility index (Phi) is 10.4. The molecule has 0 spiro atoms. The van der Waals surface area contributed by atoms with E-state index in [-0.39, 0.29) is 24.2 Å². The van der Waals surface area contributed by atoms with Gasteiger partial charge in [-0.05, 0) is 49.1 Å². The van der Waals surface area contributed by atoms with Crippen LogP contribution in [0.1, 0.15) is 51.0 Å². The summed E-state index contributed by atoms with van der Waals surface area (Å²) in [7, 11) is -0.848. The van der Waals surface area contributed by atoms with Gasteiger partial charge in [-0.3, -0.25) is 13.9 Å². The molecule has 9 nitrogen and oxygen atoms in total. The minimum absolute atomic E-state index is 0.0835. The van der Waals surface area contributed by atoms with Gasteiger partial charge in [0.15, 0.2) is 0 Å². The number of sulfonamides is 1. The van der Waals surface area contributed by atoms with Crippen LogP contribution in [0.15, 0.2) is 48.5 Å². The van der Waals surface area contributed by atoms with Crippen molar-refractivity contribution in [1.82, 2.24) is 10.2 Å². The number of para-hydroxylation sites is 2. The molecule has 1 fully saturated rings. The van der Waals surface area contributed by atoms with Crippen LogP contribution in [0.5, 0.6) is 11.5 Å². The van der Waals surface area contributed by atoms with Crippen molar-refractivity contribution in [2.45, 2.75) is 64.1 Å². The lowest BCUT2D eigenvalue weighted by molar-refractivity contribution is -0.140. The highest BCUT2D eigenvalue weighted by molar-refractivity contribution is 7.92. The zero-order chi connectivity index (χ0) is 27.7. The van der Waals surface area contributed by atoms with E-state index in [1.165, 1.54) is 12.0 Å². The number of methoxy groups -OCH3 is 2. The Morgan fingerprint density at radius 3 is 2.37 bits per heavy atom. The second-order valence-electron chi connectivity index (χ2n) is 9.58. The summed E-state index contributed by atoms with van der Waals surface area (Å²) >= 11 is 0. The van der Waals surface area contributed by atoms with Gasteiger partial charge in [-0.25, -0.2) is 8.42 Å². The number of ether oxygens (including phenoxy) is 2. The van der Waals surface area contributed by atoms with Crippen LogP contribution in [0.25, 0.3) is 0 Å². The van der Waals surface area contributed by atoms with Gasteiger partial charge in [0, 0.05) is 12.6 Å². The van der Waals surface area contributed by atoms with Gasteiger partial charge < -0.3 is 19.7 Å². The predicted octanol–water partition coefficient (Wildman–Crippen LogP) is 3.73. The van der Waals surface area contributed by atoms with Gasteiger partial charge in [0.1, 0.15) is 24.1 Å². The summed E-state index contributed by atoms with van der Waals surface area (Å²) in [6.45, 7) is 1.50. The predicted molar refractivity (Wildman–Crippen MR) is 148 cm³/mol. The van der Waals surface area contributed by atoms with E-state index in [0.29, 0.717) is 17.9 Å². The molecule has 0 radical (unpaired) electrons. The Morgan fingerprint density at radius 1 is 1.03 bits per heavy atom. The maximum Gasteiger partial charge on any atom is 0.244 e. The quantitative estimate of drug-likeness (QED) is 0.436. The summed E-state index contributed by atoms with van der Waals surface area (Å²) < 4.78 is 37.4. The second kappa shape index (κ2) is 13.5. The minimum Gasteiger partial charge on any atom is -0.497 e. The average molecular weight is 546 g/mol. The fourth-order valence-electron chi connectivity index (χ4n) is 4.86. The van der Waals surface area contributed by atoms with Gasteiger partial charge in [0.25, 0.3) is 0 Å². The third-order valence-electron chi connectivity index (χ3n) is 6.86. The van der Waals surface area contributed by atoms with Crippen LogP contribution in [0.2, 0.25) is 0 Å². The summed E-state index contributed by atoms with van der Waals surface area (Å²) in [6.07, 6.45) is 6.55. The molecule has 0 unspecified atom stereocenters. The van der Waals surface area contributed by atoms with Gasteiger partial charge in [0.05, 0.1) is 26.2 Å². The molecular weight excluding hydrogens is 506 g/mol. The number of carbonyl (C=O) groups is 2. The zero-order valence-corrected chi connectivity index (χ0v) is 23.5. The Bertz CT molecular complexity index is 1200. The normalized spacial score (nSPS) is 14.8. The highest BCUT2D eigenvalue weighted by atomic mass is 32.2. The van der Waals surface area contributed by atoms with E-state index in [4.69, 9.17) is 9.47 Å². The molecule has 0 heterocycles. The SMILES string of the molecule is CC[C@H](C(=O)NC1CCCCC1)N(Cc1cccc(OC)c1)C(=O)CN(c1ccccc1OC)S(C)(=O)=O. The lowest BCUT2D eigenvalue weighted by Crippen LogP contribution is -2.54. The van der Waals surface area contributed by atoms with Crippen molar-refractivity contribution in [1.29, 1.82) is 0 Å². The first kappa shape index (κ1) is 29.3. The first-order valence-corrected chi connectivity index (χ1v) is 14.9. The average Bonchev–Trinajstić information content (AvgIpc) is 2.91. The molecule has 1 aliphatic carbocycles. The van der Waals surface area contributed by atoms with E-state index < -0.39 is 28.5 Å². The fourth-order valence-corrected chi connectivity index (χ4v) is 5.71. The lowest BCUT2D eigenvalue weighted by atomic mass is 9.95. The molecule has 1 saturated carbocycles. The number of anilines is 1. The fraction of sp³-hybridized carbons (Fsp3) is 0.500. The molecule has 0 aromatic heterocycles. The molecular formula is C28H39N3O6S. The highest BCUT2D eigenvalue weighted by Gasteiger charge is 2.33. The van der Waals surface area contributed by atoms with Crippen molar-refractivity contribution in [2.24, 2.45) is 0 Å². The topological polar surface area (TPSA) is 105 Å². The Hall–Kier alpha value is -3.27. The Morgan fingerprint density at radius 2 is 1.74 bits per heavy atom. The van der Waals surface area contributed by atoms with E-state index in [2.05, 4.69) is 5.32 Å². The van der Waals surface area contributed by atoms with Crippen molar-refractivity contribution in [2.75, 3.05) is 31.3 Å².